The van der Waals surface area contributed by atoms with Crippen molar-refractivity contribution in [3.63, 3.8) is 0 Å². The highest BCUT2D eigenvalue weighted by Crippen LogP contribution is 2.32. The molecule has 1 aliphatic carbocycles. The summed E-state index contributed by atoms with van der Waals surface area (Å²) >= 11 is 0. The zero-order valence-electron chi connectivity index (χ0n) is 12.3. The number of nitrogens with zero attached hydrogens (tertiary/aromatic N) is 1. The van der Waals surface area contributed by atoms with Crippen molar-refractivity contribution in [2.24, 2.45) is 5.92 Å². The maximum absolute atomic E-state index is 12.9. The van der Waals surface area contributed by atoms with Crippen LogP contribution in [0.4, 0.5) is 18.0 Å². The van der Waals surface area contributed by atoms with Crippen molar-refractivity contribution in [1.29, 1.82) is 0 Å². The van der Waals surface area contributed by atoms with Crippen LogP contribution in [0.2, 0.25) is 0 Å². The number of rotatable bonds is 3. The van der Waals surface area contributed by atoms with Crippen molar-refractivity contribution in [2.45, 2.75) is 57.3 Å². The number of hydrogen-bond acceptors (Lipinski definition) is 2. The molecule has 1 aliphatic rings. The number of halogens is 3. The number of aliphatic carboxylic acids is 1. The first-order valence-corrected chi connectivity index (χ1v) is 6.86. The first-order chi connectivity index (χ1) is 9.50. The maximum Gasteiger partial charge on any atom is 0.422 e. The molecule has 2 amide bonds. The Labute approximate surface area is 121 Å². The largest absolute Gasteiger partial charge is 0.479 e. The Hall–Kier alpha value is -1.47. The number of amides is 2. The Balaban J connectivity index is 2.85. The van der Waals surface area contributed by atoms with Crippen LogP contribution in [-0.2, 0) is 4.79 Å². The van der Waals surface area contributed by atoms with Gasteiger partial charge in [0, 0.05) is 13.1 Å². The highest BCUT2D eigenvalue weighted by Gasteiger charge is 2.59. The van der Waals surface area contributed by atoms with E-state index in [9.17, 15) is 22.8 Å². The third-order valence-corrected chi connectivity index (χ3v) is 4.24. The zero-order chi connectivity index (χ0) is 16.4. The number of carbonyl (C=O) groups is 2. The van der Waals surface area contributed by atoms with E-state index in [-0.39, 0.29) is 12.0 Å². The first-order valence-electron chi connectivity index (χ1n) is 6.86. The summed E-state index contributed by atoms with van der Waals surface area (Å²) < 4.78 is 38.7. The van der Waals surface area contributed by atoms with E-state index in [4.69, 9.17) is 5.11 Å². The molecule has 8 heteroatoms. The van der Waals surface area contributed by atoms with Crippen molar-refractivity contribution in [2.75, 3.05) is 7.05 Å². The summed E-state index contributed by atoms with van der Waals surface area (Å²) in [5.41, 5.74) is -3.30. The molecule has 0 spiro atoms. The number of nitrogens with one attached hydrogen (secondary N) is 1. The quantitative estimate of drug-likeness (QED) is 0.842. The van der Waals surface area contributed by atoms with Crippen LogP contribution < -0.4 is 5.32 Å². The van der Waals surface area contributed by atoms with E-state index in [1.165, 1.54) is 11.9 Å². The third-order valence-electron chi connectivity index (χ3n) is 4.24. The lowest BCUT2D eigenvalue weighted by Crippen LogP contribution is -2.64. The molecule has 0 aliphatic heterocycles. The van der Waals surface area contributed by atoms with E-state index in [1.54, 1.807) is 5.32 Å². The van der Waals surface area contributed by atoms with Crippen LogP contribution in [0.25, 0.3) is 0 Å². The Morgan fingerprint density at radius 3 is 2.19 bits per heavy atom. The molecule has 122 valence electrons. The van der Waals surface area contributed by atoms with Crippen LogP contribution in [-0.4, -0.2) is 46.8 Å². The molecule has 1 rings (SSSR count). The molecule has 0 aromatic carbocycles. The van der Waals surface area contributed by atoms with Gasteiger partial charge in [0.15, 0.2) is 0 Å². The number of carbonyl (C=O) groups excluding carboxylic acids is 1. The third kappa shape index (κ3) is 3.59. The summed E-state index contributed by atoms with van der Waals surface area (Å²) in [6, 6.07) is -1.19. The lowest BCUT2D eigenvalue weighted by Gasteiger charge is -2.38. The molecule has 2 N–H and O–H groups in total. The number of hydrogen-bond donors (Lipinski definition) is 2. The molecule has 1 fully saturated rings. The summed E-state index contributed by atoms with van der Waals surface area (Å²) in [5, 5.41) is 10.4. The second-order valence-electron chi connectivity index (χ2n) is 5.80. The highest BCUT2D eigenvalue weighted by molar-refractivity contribution is 5.86. The first kappa shape index (κ1) is 17.6. The molecule has 3 atom stereocenters. The van der Waals surface area contributed by atoms with Crippen LogP contribution in [0.15, 0.2) is 0 Å². The molecule has 0 heterocycles. The molecule has 0 aromatic rings. The number of carboxylic acids is 1. The maximum atomic E-state index is 12.9. The van der Waals surface area contributed by atoms with E-state index < -0.39 is 23.7 Å². The Bertz CT molecular complexity index is 414. The minimum atomic E-state index is -5.08. The average molecular weight is 310 g/mol. The second-order valence-corrected chi connectivity index (χ2v) is 5.80. The second kappa shape index (κ2) is 6.11. The van der Waals surface area contributed by atoms with Crippen molar-refractivity contribution in [1.82, 2.24) is 10.2 Å². The van der Waals surface area contributed by atoms with Gasteiger partial charge in [-0.2, -0.15) is 13.2 Å². The zero-order valence-corrected chi connectivity index (χ0v) is 12.3. The van der Waals surface area contributed by atoms with E-state index >= 15 is 0 Å². The van der Waals surface area contributed by atoms with Gasteiger partial charge in [-0.1, -0.05) is 19.8 Å². The molecule has 5 nitrogen and oxygen atoms in total. The molecule has 0 radical (unpaired) electrons. The Kier molecular flexibility index (Phi) is 5.11. The summed E-state index contributed by atoms with van der Waals surface area (Å²) in [5.74, 6) is -1.95. The fourth-order valence-electron chi connectivity index (χ4n) is 2.57. The fourth-order valence-corrected chi connectivity index (χ4v) is 2.57. The van der Waals surface area contributed by atoms with E-state index in [0.717, 1.165) is 19.3 Å². The van der Waals surface area contributed by atoms with Gasteiger partial charge in [-0.3, -0.25) is 0 Å². The molecule has 0 aromatic heterocycles. The van der Waals surface area contributed by atoms with E-state index in [2.05, 4.69) is 0 Å². The molecular formula is C13H21F3N2O3. The normalized spacial score (nSPS) is 25.8. The number of alkyl halides is 3. The monoisotopic (exact) mass is 310 g/mol. The standard InChI is InChI=1S/C13H21F3N2O3/c1-8-6-4-5-7-9(8)18(3)11(21)17-12(2,10(19)20)13(14,15)16/h8-9H,4-7H2,1-3H3,(H,17,21)(H,19,20). The van der Waals surface area contributed by atoms with Crippen LogP contribution in [0.3, 0.4) is 0 Å². The minimum Gasteiger partial charge on any atom is -0.479 e. The van der Waals surface area contributed by atoms with Crippen molar-refractivity contribution in [3.8, 4) is 0 Å². The van der Waals surface area contributed by atoms with Crippen molar-refractivity contribution < 1.29 is 27.9 Å². The van der Waals surface area contributed by atoms with Gasteiger partial charge in [-0.05, 0) is 25.7 Å². The van der Waals surface area contributed by atoms with Gasteiger partial charge < -0.3 is 15.3 Å². The lowest BCUT2D eigenvalue weighted by molar-refractivity contribution is -0.203. The fraction of sp³-hybridized carbons (Fsp3) is 0.846. The highest BCUT2D eigenvalue weighted by atomic mass is 19.4. The molecule has 3 unspecified atom stereocenters. The number of urea groups is 1. The van der Waals surface area contributed by atoms with Gasteiger partial charge >= 0.3 is 18.2 Å². The summed E-state index contributed by atoms with van der Waals surface area (Å²) in [6.45, 7) is 2.39. The van der Waals surface area contributed by atoms with Gasteiger partial charge in [-0.25, -0.2) is 9.59 Å². The van der Waals surface area contributed by atoms with E-state index in [0.29, 0.717) is 13.3 Å². The van der Waals surface area contributed by atoms with E-state index in [1.807, 2.05) is 6.92 Å². The Morgan fingerprint density at radius 2 is 1.76 bits per heavy atom. The predicted molar refractivity (Wildman–Crippen MR) is 69.8 cm³/mol. The molecule has 21 heavy (non-hydrogen) atoms. The molecule has 0 bridgehead atoms. The summed E-state index contributed by atoms with van der Waals surface area (Å²) in [6.07, 6.45) is -1.53. The van der Waals surface area contributed by atoms with Crippen LogP contribution in [0, 0.1) is 5.92 Å². The lowest BCUT2D eigenvalue weighted by atomic mass is 9.85. The minimum absolute atomic E-state index is 0.176. The smallest absolute Gasteiger partial charge is 0.422 e. The van der Waals surface area contributed by atoms with Gasteiger partial charge in [0.2, 0.25) is 5.54 Å². The van der Waals surface area contributed by atoms with Crippen LogP contribution in [0.1, 0.15) is 39.5 Å². The molecular weight excluding hydrogens is 289 g/mol. The predicted octanol–water partition coefficient (Wildman–Crippen LogP) is 2.61. The SMILES string of the molecule is CC1CCCCC1N(C)C(=O)NC(C)(C(=O)O)C(F)(F)F. The van der Waals surface area contributed by atoms with Crippen molar-refractivity contribution in [3.05, 3.63) is 0 Å². The number of carboxylic acid groups (broad SMARTS) is 1. The van der Waals surface area contributed by atoms with Gasteiger partial charge in [-0.15, -0.1) is 0 Å². The molecule has 1 saturated carbocycles. The van der Waals surface area contributed by atoms with Crippen molar-refractivity contribution >= 4 is 12.0 Å². The van der Waals surface area contributed by atoms with Crippen LogP contribution >= 0.6 is 0 Å². The average Bonchev–Trinajstić information content (AvgIpc) is 2.36. The van der Waals surface area contributed by atoms with Gasteiger partial charge in [0.1, 0.15) is 0 Å². The summed E-state index contributed by atoms with van der Waals surface area (Å²) in [4.78, 5) is 24.1. The van der Waals surface area contributed by atoms with Gasteiger partial charge in [0.05, 0.1) is 0 Å². The van der Waals surface area contributed by atoms with Crippen LogP contribution in [0.5, 0.6) is 0 Å². The molecule has 0 saturated heterocycles. The van der Waals surface area contributed by atoms with Gasteiger partial charge in [0.25, 0.3) is 0 Å². The topological polar surface area (TPSA) is 69.6 Å². The Morgan fingerprint density at radius 1 is 1.24 bits per heavy atom. The summed E-state index contributed by atoms with van der Waals surface area (Å²) in [7, 11) is 1.40.